The maximum atomic E-state index is 13.5. The molecule has 0 radical (unpaired) electrons. The molecule has 8 rings (SSSR count). The molecule has 2 aromatic heterocycles. The number of amides is 2. The van der Waals surface area contributed by atoms with Gasteiger partial charge in [-0.15, -0.1) is 0 Å². The average Bonchev–Trinajstić information content (AvgIpc) is 3.85. The minimum Gasteiger partial charge on any atom is -0.457 e. The second kappa shape index (κ2) is 20.3. The summed E-state index contributed by atoms with van der Waals surface area (Å²) < 4.78 is 7.95. The van der Waals surface area contributed by atoms with Gasteiger partial charge in [-0.3, -0.25) is 14.5 Å². The number of para-hydroxylation sites is 1. The molecule has 2 saturated heterocycles. The first kappa shape index (κ1) is 43.4. The van der Waals surface area contributed by atoms with E-state index in [1.165, 1.54) is 6.33 Å². The van der Waals surface area contributed by atoms with Crippen molar-refractivity contribution in [3.8, 4) is 22.8 Å². The molecular formula is C49H51N9O6. The van der Waals surface area contributed by atoms with Gasteiger partial charge in [-0.05, 0) is 87.1 Å². The minimum atomic E-state index is -0.819. The Morgan fingerprint density at radius 1 is 0.828 bits per heavy atom. The normalized spacial score (nSPS) is 17.1. The number of nitrogen functional groups attached to an aromatic ring is 1. The minimum absolute atomic E-state index is 0.0128. The number of aromatic nitrogens is 4. The van der Waals surface area contributed by atoms with Crippen molar-refractivity contribution in [3.63, 3.8) is 0 Å². The Kier molecular flexibility index (Phi) is 13.7. The number of benzene rings is 3. The molecule has 0 spiro atoms. The lowest BCUT2D eigenvalue weighted by Crippen LogP contribution is -2.46. The zero-order valence-electron chi connectivity index (χ0n) is 35.7. The zero-order chi connectivity index (χ0) is 44.4. The van der Waals surface area contributed by atoms with Crippen molar-refractivity contribution in [2.24, 2.45) is 0 Å². The van der Waals surface area contributed by atoms with Gasteiger partial charge in [0.2, 0.25) is 0 Å². The Morgan fingerprint density at radius 2 is 1.58 bits per heavy atom. The van der Waals surface area contributed by atoms with E-state index in [2.05, 4.69) is 31.4 Å². The Hall–Kier alpha value is -7.30. The summed E-state index contributed by atoms with van der Waals surface area (Å²) in [4.78, 5) is 74.0. The molecule has 15 nitrogen and oxygen atoms in total. The highest BCUT2D eigenvalue weighted by atomic mass is 16.5. The highest BCUT2D eigenvalue weighted by molar-refractivity contribution is 6.24. The number of hydrogen-bond donors (Lipinski definition) is 3. The van der Waals surface area contributed by atoms with Crippen molar-refractivity contribution < 1.29 is 28.7 Å². The second-order valence-electron chi connectivity index (χ2n) is 16.5. The van der Waals surface area contributed by atoms with E-state index in [9.17, 15) is 24.0 Å². The van der Waals surface area contributed by atoms with E-state index < -0.39 is 17.9 Å². The number of piperidine rings is 2. The molecule has 0 saturated carbocycles. The van der Waals surface area contributed by atoms with E-state index in [1.807, 2.05) is 59.3 Å². The maximum Gasteiger partial charge on any atom is 0.264 e. The molecule has 0 bridgehead atoms. The molecule has 2 unspecified atom stereocenters. The van der Waals surface area contributed by atoms with Gasteiger partial charge in [-0.25, -0.2) is 29.0 Å². The van der Waals surface area contributed by atoms with Crippen molar-refractivity contribution in [1.29, 1.82) is 0 Å². The molecular weight excluding hydrogens is 811 g/mol. The number of nitrogens with two attached hydrogens (primary N) is 1. The molecule has 5 heterocycles. The number of imide groups is 1. The number of anilines is 2. The molecule has 5 aromatic rings. The predicted molar refractivity (Wildman–Crippen MR) is 242 cm³/mol. The number of nitrogens with one attached hydrogen (secondary N) is 2. The van der Waals surface area contributed by atoms with Crippen LogP contribution in [0.4, 0.5) is 11.5 Å². The number of allylic oxidation sites excluding steroid dienone is 2. The molecule has 3 aromatic carbocycles. The molecule has 4 N–H and O–H groups in total. The SMILES string of the molecule is Nc1ncnc2c1c(-c1ccc(Oc3ccccc3)cc1)nn2C1CCCN(C(=C=O)CCCCCCCCCCNc2cccc3c2C(=O)N(C2CCC(=C=O)NC2=C=O)C3=O)C1. The van der Waals surface area contributed by atoms with Crippen LogP contribution >= 0.6 is 0 Å². The van der Waals surface area contributed by atoms with Gasteiger partial charge < -0.3 is 26.0 Å². The molecule has 15 heteroatoms. The summed E-state index contributed by atoms with van der Waals surface area (Å²) in [6.45, 7) is 2.07. The van der Waals surface area contributed by atoms with Gasteiger partial charge in [0.25, 0.3) is 11.8 Å². The monoisotopic (exact) mass is 861 g/mol. The number of carbonyl (C=O) groups excluding carboxylic acids is 5. The smallest absolute Gasteiger partial charge is 0.264 e. The van der Waals surface area contributed by atoms with E-state index in [-0.39, 0.29) is 30.3 Å². The Morgan fingerprint density at radius 3 is 2.33 bits per heavy atom. The van der Waals surface area contributed by atoms with Crippen molar-refractivity contribution >= 4 is 52.2 Å². The topological polar surface area (TPSA) is 195 Å². The molecule has 64 heavy (non-hydrogen) atoms. The van der Waals surface area contributed by atoms with Crippen molar-refractivity contribution in [1.82, 2.24) is 34.9 Å². The Labute approximate surface area is 371 Å². The predicted octanol–water partition coefficient (Wildman–Crippen LogP) is 7.62. The van der Waals surface area contributed by atoms with Crippen LogP contribution in [0.3, 0.4) is 0 Å². The van der Waals surface area contributed by atoms with E-state index in [0.717, 1.165) is 87.0 Å². The third-order valence-corrected chi connectivity index (χ3v) is 12.3. The van der Waals surface area contributed by atoms with E-state index in [4.69, 9.17) is 15.6 Å². The maximum absolute atomic E-state index is 13.5. The van der Waals surface area contributed by atoms with E-state index in [0.29, 0.717) is 70.3 Å². The first-order valence-electron chi connectivity index (χ1n) is 22.2. The number of carbonyl (C=O) groups is 2. The second-order valence-corrected chi connectivity index (χ2v) is 16.5. The fourth-order valence-electron chi connectivity index (χ4n) is 9.03. The number of unbranched alkanes of at least 4 members (excludes halogenated alkanes) is 7. The fourth-order valence-corrected chi connectivity index (χ4v) is 9.03. The summed E-state index contributed by atoms with van der Waals surface area (Å²) in [6.07, 6.45) is 12.7. The van der Waals surface area contributed by atoms with Gasteiger partial charge in [0.1, 0.15) is 58.6 Å². The molecule has 2 fully saturated rings. The quantitative estimate of drug-likeness (QED) is 0.0443. The number of rotatable bonds is 18. The van der Waals surface area contributed by atoms with Crippen LogP contribution in [-0.2, 0) is 14.4 Å². The summed E-state index contributed by atoms with van der Waals surface area (Å²) in [5.41, 5.74) is 10.8. The zero-order valence-corrected chi connectivity index (χ0v) is 35.7. The van der Waals surface area contributed by atoms with Gasteiger partial charge in [0.15, 0.2) is 5.65 Å². The number of nitrogens with zero attached hydrogens (tertiary/aromatic N) is 6. The number of fused-ring (bicyclic) bond motifs is 2. The van der Waals surface area contributed by atoms with Crippen LogP contribution in [0.2, 0.25) is 0 Å². The molecule has 2 amide bonds. The van der Waals surface area contributed by atoms with Crippen LogP contribution in [0.25, 0.3) is 22.3 Å². The molecule has 0 aliphatic carbocycles. The highest BCUT2D eigenvalue weighted by Crippen LogP contribution is 2.37. The lowest BCUT2D eigenvalue weighted by molar-refractivity contribution is 0.0593. The molecule has 2 atom stereocenters. The lowest BCUT2D eigenvalue weighted by atomic mass is 10.0. The van der Waals surface area contributed by atoms with Crippen molar-refractivity contribution in [2.75, 3.05) is 30.7 Å². The first-order valence-corrected chi connectivity index (χ1v) is 22.2. The molecule has 3 aliphatic heterocycles. The number of likely N-dealkylation sites (tertiary alicyclic amines) is 1. The van der Waals surface area contributed by atoms with Crippen LogP contribution in [0.1, 0.15) is 110 Å². The van der Waals surface area contributed by atoms with E-state index in [1.54, 1.807) is 30.1 Å². The van der Waals surface area contributed by atoms with Crippen LogP contribution in [0.15, 0.2) is 96.2 Å². The highest BCUT2D eigenvalue weighted by Gasteiger charge is 2.44. The summed E-state index contributed by atoms with van der Waals surface area (Å²) in [7, 11) is 0. The van der Waals surface area contributed by atoms with Gasteiger partial charge in [-0.1, -0.05) is 62.8 Å². The average molecular weight is 862 g/mol. The van der Waals surface area contributed by atoms with Crippen molar-refractivity contribution in [3.05, 3.63) is 107 Å². The van der Waals surface area contributed by atoms with Crippen molar-refractivity contribution in [2.45, 2.75) is 95.6 Å². The largest absolute Gasteiger partial charge is 0.457 e. The fraction of sp³-hybridized carbons (Fsp3) is 0.367. The standard InChI is InChI=1S/C49H51N9O6/c50-46-44-45(33-20-23-38(24-21-33)64-37-16-9-7-10-17-37)55-58(47(44)53-32-52-46)35-15-13-27-56(28-35)36(30-60)14-8-5-3-1-2-4-6-11-26-51-40-19-12-18-39-43(40)49(63)57(48(39)62)42-25-22-34(29-59)54-41(42)31-61/h7,9-10,12,16-21,23-24,32,35,42,51,54H,1-6,8,11,13-15,22,25-28H2,(H2,50,52,53). The third kappa shape index (κ3) is 9.38. The molecule has 328 valence electrons. The summed E-state index contributed by atoms with van der Waals surface area (Å²) in [5, 5.41) is 11.8. The Balaban J connectivity index is 0.762. The molecule has 3 aliphatic rings. The van der Waals surface area contributed by atoms with Gasteiger partial charge in [-0.2, -0.15) is 5.10 Å². The number of hydrogen-bond acceptors (Lipinski definition) is 13. The van der Waals surface area contributed by atoms with Gasteiger partial charge in [0.05, 0.1) is 34.3 Å². The first-order chi connectivity index (χ1) is 31.4. The van der Waals surface area contributed by atoms with Crippen LogP contribution in [0.5, 0.6) is 11.5 Å². The Bertz CT molecular complexity index is 2660. The summed E-state index contributed by atoms with van der Waals surface area (Å²) in [6, 6.07) is 21.7. The van der Waals surface area contributed by atoms with Crippen LogP contribution < -0.4 is 21.1 Å². The van der Waals surface area contributed by atoms with Gasteiger partial charge in [0, 0.05) is 37.3 Å². The summed E-state index contributed by atoms with van der Waals surface area (Å²) in [5.74, 6) is 6.66. The van der Waals surface area contributed by atoms with E-state index >= 15 is 0 Å². The van der Waals surface area contributed by atoms with Crippen LogP contribution in [-0.4, -0.2) is 84.9 Å². The number of ether oxygens (including phenoxy) is 1. The van der Waals surface area contributed by atoms with Gasteiger partial charge >= 0.3 is 0 Å². The lowest BCUT2D eigenvalue weighted by Gasteiger charge is -2.34. The third-order valence-electron chi connectivity index (χ3n) is 12.3. The summed E-state index contributed by atoms with van der Waals surface area (Å²) >= 11 is 0. The van der Waals surface area contributed by atoms with Crippen LogP contribution in [0, 0.1) is 0 Å².